The van der Waals surface area contributed by atoms with Crippen molar-refractivity contribution in [3.63, 3.8) is 0 Å². The van der Waals surface area contributed by atoms with E-state index < -0.39 is 11.8 Å². The van der Waals surface area contributed by atoms with Crippen LogP contribution < -0.4 is 10.7 Å². The Kier molecular flexibility index (Phi) is 7.96. The lowest BCUT2D eigenvalue weighted by Crippen LogP contribution is -2.42. The van der Waals surface area contributed by atoms with E-state index in [1.807, 2.05) is 46.8 Å². The molecule has 26 heavy (non-hydrogen) atoms. The van der Waals surface area contributed by atoms with Crippen molar-refractivity contribution in [2.45, 2.75) is 60.0 Å². The summed E-state index contributed by atoms with van der Waals surface area (Å²) in [4.78, 5) is 37.9. The summed E-state index contributed by atoms with van der Waals surface area (Å²) in [6, 6.07) is 7.29. The Bertz CT molecular complexity index is 688. The van der Waals surface area contributed by atoms with Crippen LogP contribution in [0.3, 0.4) is 0 Å². The second-order valence-corrected chi connectivity index (χ2v) is 6.72. The Labute approximate surface area is 154 Å². The molecule has 0 bridgehead atoms. The number of nitrogens with zero attached hydrogens (tertiary/aromatic N) is 2. The van der Waals surface area contributed by atoms with Crippen molar-refractivity contribution in [3.8, 4) is 0 Å². The van der Waals surface area contributed by atoms with E-state index in [0.717, 1.165) is 5.56 Å². The van der Waals surface area contributed by atoms with Crippen LogP contribution in [0.25, 0.3) is 0 Å². The second-order valence-electron chi connectivity index (χ2n) is 6.72. The molecule has 0 heterocycles. The van der Waals surface area contributed by atoms with Crippen LogP contribution in [0.5, 0.6) is 0 Å². The number of rotatable bonds is 6. The van der Waals surface area contributed by atoms with Gasteiger partial charge in [-0.1, -0.05) is 18.2 Å². The van der Waals surface area contributed by atoms with Gasteiger partial charge in [0.15, 0.2) is 0 Å². The van der Waals surface area contributed by atoms with Crippen LogP contribution in [0.2, 0.25) is 0 Å². The Morgan fingerprint density at radius 1 is 1.04 bits per heavy atom. The molecule has 0 aliphatic heterocycles. The fourth-order valence-corrected chi connectivity index (χ4v) is 2.61. The number of nitrogens with one attached hydrogen (secondary N) is 2. The number of hydrazone groups is 1. The molecule has 0 saturated heterocycles. The van der Waals surface area contributed by atoms with Crippen molar-refractivity contribution in [3.05, 3.63) is 29.8 Å². The van der Waals surface area contributed by atoms with Gasteiger partial charge in [-0.05, 0) is 53.2 Å². The zero-order valence-corrected chi connectivity index (χ0v) is 16.3. The van der Waals surface area contributed by atoms with Gasteiger partial charge in [0.1, 0.15) is 0 Å². The topological polar surface area (TPSA) is 90.9 Å². The monoisotopic (exact) mass is 360 g/mol. The number of carbonyl (C=O) groups is 3. The van der Waals surface area contributed by atoms with Crippen LogP contribution in [0.1, 0.15) is 46.6 Å². The van der Waals surface area contributed by atoms with Crippen molar-refractivity contribution in [2.75, 3.05) is 5.32 Å². The molecule has 0 unspecified atom stereocenters. The summed E-state index contributed by atoms with van der Waals surface area (Å²) in [6.07, 6.45) is 0.0794. The fraction of sp³-hybridized carbons (Fsp3) is 0.474. The fourth-order valence-electron chi connectivity index (χ4n) is 2.61. The van der Waals surface area contributed by atoms with E-state index in [1.165, 1.54) is 0 Å². The Morgan fingerprint density at radius 2 is 1.62 bits per heavy atom. The molecule has 0 radical (unpaired) electrons. The van der Waals surface area contributed by atoms with E-state index in [0.29, 0.717) is 11.4 Å². The highest BCUT2D eigenvalue weighted by Gasteiger charge is 2.21. The van der Waals surface area contributed by atoms with E-state index >= 15 is 0 Å². The molecule has 0 aliphatic rings. The van der Waals surface area contributed by atoms with Gasteiger partial charge in [-0.2, -0.15) is 5.10 Å². The highest BCUT2D eigenvalue weighted by Crippen LogP contribution is 2.12. The van der Waals surface area contributed by atoms with Gasteiger partial charge < -0.3 is 10.2 Å². The molecule has 0 aliphatic carbocycles. The molecule has 0 spiro atoms. The van der Waals surface area contributed by atoms with Gasteiger partial charge >= 0.3 is 11.8 Å². The highest BCUT2D eigenvalue weighted by atomic mass is 16.2. The van der Waals surface area contributed by atoms with Gasteiger partial charge in [0.2, 0.25) is 5.91 Å². The maximum Gasteiger partial charge on any atom is 0.329 e. The molecule has 1 aromatic carbocycles. The van der Waals surface area contributed by atoms with Crippen molar-refractivity contribution in [1.29, 1.82) is 0 Å². The largest absolute Gasteiger partial charge is 0.338 e. The molecule has 1 aromatic rings. The lowest BCUT2D eigenvalue weighted by molar-refractivity contribution is -0.136. The summed E-state index contributed by atoms with van der Waals surface area (Å²) in [7, 11) is 0. The number of aryl methyl sites for hydroxylation is 1. The number of amides is 3. The number of carbonyl (C=O) groups excluding carboxylic acids is 3. The van der Waals surface area contributed by atoms with Gasteiger partial charge in [0, 0.05) is 23.5 Å². The van der Waals surface area contributed by atoms with Gasteiger partial charge in [-0.15, -0.1) is 0 Å². The lowest BCUT2D eigenvalue weighted by atomic mass is 10.2. The Hall–Kier alpha value is -2.70. The van der Waals surface area contributed by atoms with Crippen molar-refractivity contribution < 1.29 is 14.4 Å². The molecule has 7 heteroatoms. The molecule has 1 rings (SSSR count). The predicted molar refractivity (Wildman–Crippen MR) is 103 cm³/mol. The van der Waals surface area contributed by atoms with Crippen LogP contribution in [0.15, 0.2) is 29.4 Å². The first-order valence-corrected chi connectivity index (χ1v) is 8.64. The molecule has 0 saturated carbocycles. The van der Waals surface area contributed by atoms with Gasteiger partial charge in [-0.25, -0.2) is 5.43 Å². The quantitative estimate of drug-likeness (QED) is 0.464. The zero-order chi connectivity index (χ0) is 19.9. The van der Waals surface area contributed by atoms with E-state index in [2.05, 4.69) is 15.8 Å². The summed E-state index contributed by atoms with van der Waals surface area (Å²) < 4.78 is 0. The average molecular weight is 360 g/mol. The highest BCUT2D eigenvalue weighted by molar-refractivity contribution is 6.39. The van der Waals surface area contributed by atoms with Crippen LogP contribution in [0.4, 0.5) is 5.69 Å². The summed E-state index contributed by atoms with van der Waals surface area (Å²) in [5.74, 6) is -1.77. The summed E-state index contributed by atoms with van der Waals surface area (Å²) in [5, 5.41) is 6.39. The first-order valence-electron chi connectivity index (χ1n) is 8.64. The number of hydrogen-bond acceptors (Lipinski definition) is 4. The minimum absolute atomic E-state index is 0.0739. The first-order chi connectivity index (χ1) is 12.1. The lowest BCUT2D eigenvalue weighted by Gasteiger charge is -2.30. The smallest absolute Gasteiger partial charge is 0.329 e. The Morgan fingerprint density at radius 3 is 2.15 bits per heavy atom. The second kappa shape index (κ2) is 9.70. The van der Waals surface area contributed by atoms with Crippen LogP contribution in [0, 0.1) is 6.92 Å². The third kappa shape index (κ3) is 6.31. The molecule has 7 nitrogen and oxygen atoms in total. The van der Waals surface area contributed by atoms with E-state index in [9.17, 15) is 14.4 Å². The van der Waals surface area contributed by atoms with Crippen molar-refractivity contribution in [1.82, 2.24) is 10.3 Å². The van der Waals surface area contributed by atoms with Crippen LogP contribution >= 0.6 is 0 Å². The molecular formula is C19H28N4O3. The molecule has 0 atom stereocenters. The molecule has 0 aromatic heterocycles. The minimum Gasteiger partial charge on any atom is -0.338 e. The number of hydrogen-bond donors (Lipinski definition) is 2. The van der Waals surface area contributed by atoms with Crippen molar-refractivity contribution in [2.24, 2.45) is 5.10 Å². The SMILES string of the molecule is C/C(CC(=O)N(C(C)C)C(C)C)=N/NC(=O)C(=O)Nc1ccccc1C. The summed E-state index contributed by atoms with van der Waals surface area (Å²) >= 11 is 0. The third-order valence-corrected chi connectivity index (χ3v) is 3.76. The maximum atomic E-state index is 12.3. The number of benzene rings is 1. The summed E-state index contributed by atoms with van der Waals surface area (Å²) in [5.41, 5.74) is 4.03. The predicted octanol–water partition coefficient (Wildman–Crippen LogP) is 2.46. The normalized spacial score (nSPS) is 11.5. The van der Waals surface area contributed by atoms with E-state index in [-0.39, 0.29) is 24.4 Å². The molecule has 142 valence electrons. The van der Waals surface area contributed by atoms with Crippen LogP contribution in [-0.2, 0) is 14.4 Å². The first kappa shape index (κ1) is 21.3. The molecule has 2 N–H and O–H groups in total. The van der Waals surface area contributed by atoms with E-state index in [4.69, 9.17) is 0 Å². The number of anilines is 1. The van der Waals surface area contributed by atoms with Crippen LogP contribution in [-0.4, -0.2) is 40.4 Å². The molecular weight excluding hydrogens is 332 g/mol. The Balaban J connectivity index is 2.62. The van der Waals surface area contributed by atoms with Gasteiger partial charge in [-0.3, -0.25) is 14.4 Å². The van der Waals surface area contributed by atoms with Crippen molar-refractivity contribution >= 4 is 29.1 Å². The zero-order valence-electron chi connectivity index (χ0n) is 16.3. The standard InChI is InChI=1S/C19H28N4O3/c1-12(2)23(13(3)4)17(24)11-15(6)21-22-19(26)18(25)20-16-10-8-7-9-14(16)5/h7-10,12-13H,11H2,1-6H3,(H,20,25)(H,22,26)/b21-15-. The maximum absolute atomic E-state index is 12.3. The summed E-state index contributed by atoms with van der Waals surface area (Å²) in [6.45, 7) is 11.3. The molecule has 3 amide bonds. The molecule has 0 fully saturated rings. The van der Waals surface area contributed by atoms with Gasteiger partial charge in [0.05, 0.1) is 6.42 Å². The minimum atomic E-state index is -0.885. The van der Waals surface area contributed by atoms with E-state index in [1.54, 1.807) is 24.0 Å². The third-order valence-electron chi connectivity index (χ3n) is 3.76. The number of para-hydroxylation sites is 1. The van der Waals surface area contributed by atoms with Gasteiger partial charge in [0.25, 0.3) is 0 Å². The average Bonchev–Trinajstić information content (AvgIpc) is 2.53.